The highest BCUT2D eigenvalue weighted by Gasteiger charge is 2.20. The molecule has 0 fully saturated rings. The Balaban J connectivity index is 2.55. The maximum absolute atomic E-state index is 11.1. The van der Waals surface area contributed by atoms with Crippen LogP contribution in [-0.2, 0) is 14.8 Å². The molecule has 0 spiro atoms. The molecule has 0 radical (unpaired) electrons. The van der Waals surface area contributed by atoms with Gasteiger partial charge in [0.15, 0.2) is 0 Å². The predicted molar refractivity (Wildman–Crippen MR) is 44.9 cm³/mol. The molecule has 12 heavy (non-hydrogen) atoms. The lowest BCUT2D eigenvalue weighted by molar-refractivity contribution is -0.121. The summed E-state index contributed by atoms with van der Waals surface area (Å²) in [5, 5.41) is 0. The number of rotatable bonds is 2. The van der Waals surface area contributed by atoms with Gasteiger partial charge >= 0.3 is 0 Å². The second-order valence-corrected chi connectivity index (χ2v) is 4.60. The molecule has 1 aliphatic rings. The summed E-state index contributed by atoms with van der Waals surface area (Å²) in [6.07, 6.45) is 6.15. The number of nitrogens with one attached hydrogen (secondary N) is 1. The van der Waals surface area contributed by atoms with Gasteiger partial charge in [-0.15, -0.1) is 0 Å². The van der Waals surface area contributed by atoms with E-state index in [1.807, 2.05) is 10.8 Å². The second kappa shape index (κ2) is 3.26. The first-order chi connectivity index (χ1) is 5.49. The van der Waals surface area contributed by atoms with Gasteiger partial charge in [-0.05, 0) is 12.8 Å². The third-order valence-corrected chi connectivity index (χ3v) is 2.21. The largest absolute Gasteiger partial charge is 0.273 e. The van der Waals surface area contributed by atoms with Gasteiger partial charge in [0.25, 0.3) is 0 Å². The van der Waals surface area contributed by atoms with Crippen molar-refractivity contribution in [2.75, 3.05) is 6.26 Å². The summed E-state index contributed by atoms with van der Waals surface area (Å²) in [6.45, 7) is 0. The number of carbonyl (C=O) groups excluding carboxylic acids is 1. The molecule has 0 aromatic rings. The second-order valence-electron chi connectivity index (χ2n) is 2.85. The first-order valence-electron chi connectivity index (χ1n) is 3.67. The number of amides is 1. The third-order valence-electron chi connectivity index (χ3n) is 1.64. The normalized spacial score (nSPS) is 22.6. The Morgan fingerprint density at radius 2 is 2.25 bits per heavy atom. The van der Waals surface area contributed by atoms with Crippen LogP contribution < -0.4 is 4.72 Å². The highest BCUT2D eigenvalue weighted by atomic mass is 32.2. The van der Waals surface area contributed by atoms with Gasteiger partial charge in [-0.3, -0.25) is 9.52 Å². The van der Waals surface area contributed by atoms with Crippen molar-refractivity contribution in [3.05, 3.63) is 12.2 Å². The molecular formula is C7H11NO3S. The van der Waals surface area contributed by atoms with Crippen molar-refractivity contribution < 1.29 is 13.2 Å². The molecule has 1 aliphatic carbocycles. The molecule has 0 aromatic heterocycles. The van der Waals surface area contributed by atoms with Gasteiger partial charge in [0.05, 0.1) is 12.2 Å². The zero-order valence-corrected chi connectivity index (χ0v) is 7.60. The molecular weight excluding hydrogens is 178 g/mol. The SMILES string of the molecule is CS(=O)(=O)NC(=O)[C@@H]1C=CCC1. The maximum Gasteiger partial charge on any atom is 0.240 e. The molecule has 4 nitrogen and oxygen atoms in total. The van der Waals surface area contributed by atoms with Crippen molar-refractivity contribution in [1.82, 2.24) is 4.72 Å². The fraction of sp³-hybridized carbons (Fsp3) is 0.571. The van der Waals surface area contributed by atoms with Crippen LogP contribution in [0.5, 0.6) is 0 Å². The van der Waals surface area contributed by atoms with Gasteiger partial charge in [-0.25, -0.2) is 8.42 Å². The maximum atomic E-state index is 11.1. The Hall–Kier alpha value is -0.840. The molecule has 1 N–H and O–H groups in total. The van der Waals surface area contributed by atoms with Crippen LogP contribution in [0.4, 0.5) is 0 Å². The lowest BCUT2D eigenvalue weighted by Gasteiger charge is -2.06. The van der Waals surface area contributed by atoms with E-state index in [9.17, 15) is 13.2 Å². The molecule has 0 saturated carbocycles. The zero-order valence-electron chi connectivity index (χ0n) is 6.78. The van der Waals surface area contributed by atoms with Crippen LogP contribution in [0.3, 0.4) is 0 Å². The van der Waals surface area contributed by atoms with E-state index in [0.717, 1.165) is 12.7 Å². The Morgan fingerprint density at radius 1 is 1.58 bits per heavy atom. The molecule has 0 unspecified atom stereocenters. The first kappa shape index (κ1) is 9.25. The first-order valence-corrected chi connectivity index (χ1v) is 5.56. The van der Waals surface area contributed by atoms with Gasteiger partial charge in [-0.2, -0.15) is 0 Å². The van der Waals surface area contributed by atoms with Gasteiger partial charge in [0.2, 0.25) is 15.9 Å². The van der Waals surface area contributed by atoms with Crippen LogP contribution >= 0.6 is 0 Å². The molecule has 0 aromatic carbocycles. The predicted octanol–water partition coefficient (Wildman–Crippen LogP) is 0.0284. The standard InChI is InChI=1S/C7H11NO3S/c1-12(10,11)8-7(9)6-4-2-3-5-6/h2,4,6H,3,5H2,1H3,(H,8,9)/t6-/m1/s1. The summed E-state index contributed by atoms with van der Waals surface area (Å²) in [5.74, 6) is -0.689. The van der Waals surface area contributed by atoms with E-state index in [4.69, 9.17) is 0 Å². The lowest BCUT2D eigenvalue weighted by Crippen LogP contribution is -2.33. The molecule has 0 saturated heterocycles. The van der Waals surface area contributed by atoms with Crippen LogP contribution in [0, 0.1) is 5.92 Å². The molecule has 0 aliphatic heterocycles. The molecule has 1 rings (SSSR count). The van der Waals surface area contributed by atoms with E-state index in [0.29, 0.717) is 6.42 Å². The van der Waals surface area contributed by atoms with Crippen molar-refractivity contribution in [2.24, 2.45) is 5.92 Å². The van der Waals surface area contributed by atoms with Crippen molar-refractivity contribution in [1.29, 1.82) is 0 Å². The topological polar surface area (TPSA) is 63.2 Å². The van der Waals surface area contributed by atoms with Crippen LogP contribution in [0.25, 0.3) is 0 Å². The number of sulfonamides is 1. The summed E-state index contributed by atoms with van der Waals surface area (Å²) >= 11 is 0. The van der Waals surface area contributed by atoms with Crippen molar-refractivity contribution in [3.8, 4) is 0 Å². The van der Waals surface area contributed by atoms with Gasteiger partial charge in [0.1, 0.15) is 0 Å². The average molecular weight is 189 g/mol. The Morgan fingerprint density at radius 3 is 2.67 bits per heavy atom. The van der Waals surface area contributed by atoms with E-state index in [1.165, 1.54) is 0 Å². The number of hydrogen-bond donors (Lipinski definition) is 1. The van der Waals surface area contributed by atoms with E-state index in [1.54, 1.807) is 6.08 Å². The molecule has 1 atom stereocenters. The summed E-state index contributed by atoms with van der Waals surface area (Å²) in [6, 6.07) is 0. The third kappa shape index (κ3) is 2.65. The van der Waals surface area contributed by atoms with Crippen LogP contribution in [-0.4, -0.2) is 20.6 Å². The highest BCUT2D eigenvalue weighted by molar-refractivity contribution is 7.89. The zero-order chi connectivity index (χ0) is 9.19. The number of allylic oxidation sites excluding steroid dienone is 1. The number of hydrogen-bond acceptors (Lipinski definition) is 3. The van der Waals surface area contributed by atoms with Gasteiger partial charge in [0, 0.05) is 0 Å². The minimum absolute atomic E-state index is 0.264. The fourth-order valence-electron chi connectivity index (χ4n) is 1.11. The van der Waals surface area contributed by atoms with E-state index >= 15 is 0 Å². The molecule has 5 heteroatoms. The van der Waals surface area contributed by atoms with Crippen molar-refractivity contribution in [3.63, 3.8) is 0 Å². The number of carbonyl (C=O) groups is 1. The summed E-state index contributed by atoms with van der Waals surface area (Å²) in [4.78, 5) is 11.1. The van der Waals surface area contributed by atoms with Crippen LogP contribution in [0.1, 0.15) is 12.8 Å². The molecule has 68 valence electrons. The molecule has 1 amide bonds. The Bertz CT molecular complexity index is 305. The van der Waals surface area contributed by atoms with Crippen molar-refractivity contribution >= 4 is 15.9 Å². The van der Waals surface area contributed by atoms with E-state index in [-0.39, 0.29) is 5.92 Å². The molecule has 0 heterocycles. The van der Waals surface area contributed by atoms with E-state index in [2.05, 4.69) is 0 Å². The van der Waals surface area contributed by atoms with E-state index < -0.39 is 15.9 Å². The Labute approximate surface area is 71.7 Å². The quantitative estimate of drug-likeness (QED) is 0.623. The van der Waals surface area contributed by atoms with Gasteiger partial charge < -0.3 is 0 Å². The smallest absolute Gasteiger partial charge is 0.240 e. The minimum atomic E-state index is -3.39. The summed E-state index contributed by atoms with van der Waals surface area (Å²) in [5.41, 5.74) is 0. The molecule has 0 bridgehead atoms. The minimum Gasteiger partial charge on any atom is -0.273 e. The van der Waals surface area contributed by atoms with Crippen LogP contribution in [0.15, 0.2) is 12.2 Å². The summed E-state index contributed by atoms with van der Waals surface area (Å²) in [7, 11) is -3.39. The fourth-order valence-corrected chi connectivity index (χ4v) is 1.63. The lowest BCUT2D eigenvalue weighted by atomic mass is 10.1. The summed E-state index contributed by atoms with van der Waals surface area (Å²) < 4.78 is 23.2. The van der Waals surface area contributed by atoms with Gasteiger partial charge in [-0.1, -0.05) is 12.2 Å². The average Bonchev–Trinajstić information content (AvgIpc) is 2.32. The Kier molecular flexibility index (Phi) is 2.52. The van der Waals surface area contributed by atoms with Crippen molar-refractivity contribution in [2.45, 2.75) is 12.8 Å². The van der Waals surface area contributed by atoms with Crippen LogP contribution in [0.2, 0.25) is 0 Å². The highest BCUT2D eigenvalue weighted by Crippen LogP contribution is 2.16. The monoisotopic (exact) mass is 189 g/mol.